The first-order valence-corrected chi connectivity index (χ1v) is 5.41. The smallest absolute Gasteiger partial charge is 0.248 e. The number of hydrogen-bond donors (Lipinski definition) is 0. The van der Waals surface area contributed by atoms with Crippen molar-refractivity contribution < 1.29 is 9.66 Å². The number of nitro groups is 1. The fourth-order valence-corrected chi connectivity index (χ4v) is 2.19. The first kappa shape index (κ1) is 11.6. The summed E-state index contributed by atoms with van der Waals surface area (Å²) in [6.45, 7) is 0.277. The van der Waals surface area contributed by atoms with E-state index in [4.69, 9.17) is 10.00 Å². The Bertz CT molecular complexity index is 441. The minimum absolute atomic E-state index is 0.162. The fraction of sp³-hybridized carbons (Fsp3) is 0.417. The summed E-state index contributed by atoms with van der Waals surface area (Å²) in [5.74, 6) is -0.319. The quantitative estimate of drug-likeness (QED) is 0.589. The van der Waals surface area contributed by atoms with Crippen molar-refractivity contribution in [3.63, 3.8) is 0 Å². The maximum absolute atomic E-state index is 11.1. The highest BCUT2D eigenvalue weighted by atomic mass is 16.6. The second kappa shape index (κ2) is 4.93. The second-order valence-electron chi connectivity index (χ2n) is 4.06. The highest BCUT2D eigenvalue weighted by molar-refractivity contribution is 5.20. The highest BCUT2D eigenvalue weighted by Gasteiger charge is 2.46. The Balaban J connectivity index is 2.24. The lowest BCUT2D eigenvalue weighted by Crippen LogP contribution is -2.29. The number of ether oxygens (including phenoxy) is 1. The molecule has 1 aromatic carbocycles. The summed E-state index contributed by atoms with van der Waals surface area (Å²) >= 11 is 0. The van der Waals surface area contributed by atoms with Crippen molar-refractivity contribution >= 4 is 0 Å². The van der Waals surface area contributed by atoms with Crippen molar-refractivity contribution in [2.45, 2.75) is 18.6 Å². The van der Waals surface area contributed by atoms with Crippen LogP contribution in [0.3, 0.4) is 0 Å². The average molecular weight is 232 g/mol. The van der Waals surface area contributed by atoms with E-state index in [9.17, 15) is 10.1 Å². The Morgan fingerprint density at radius 2 is 2.18 bits per heavy atom. The second-order valence-corrected chi connectivity index (χ2v) is 4.06. The summed E-state index contributed by atoms with van der Waals surface area (Å²) in [4.78, 5) is 10.8. The molecule has 2 rings (SSSR count). The van der Waals surface area contributed by atoms with E-state index in [1.165, 1.54) is 0 Å². The van der Waals surface area contributed by atoms with E-state index < -0.39 is 12.1 Å². The van der Waals surface area contributed by atoms with Crippen LogP contribution in [0.5, 0.6) is 0 Å². The van der Waals surface area contributed by atoms with Gasteiger partial charge in [0.05, 0.1) is 18.6 Å². The molecule has 1 aliphatic rings. The van der Waals surface area contributed by atoms with Crippen LogP contribution < -0.4 is 0 Å². The van der Waals surface area contributed by atoms with Crippen molar-refractivity contribution in [3.05, 3.63) is 46.0 Å². The average Bonchev–Trinajstić information content (AvgIpc) is 2.74. The molecular weight excluding hydrogens is 220 g/mol. The molecule has 3 atom stereocenters. The lowest BCUT2D eigenvalue weighted by molar-refractivity contribution is -0.535. The molecule has 0 bridgehead atoms. The van der Waals surface area contributed by atoms with Gasteiger partial charge in [-0.25, -0.2) is 0 Å². The normalized spacial score (nSPS) is 27.6. The van der Waals surface area contributed by atoms with E-state index in [1.54, 1.807) is 0 Å². The van der Waals surface area contributed by atoms with E-state index in [2.05, 4.69) is 0 Å². The van der Waals surface area contributed by atoms with Crippen LogP contribution in [0, 0.1) is 27.4 Å². The summed E-state index contributed by atoms with van der Waals surface area (Å²) in [5, 5.41) is 19.7. The third-order valence-electron chi connectivity index (χ3n) is 3.01. The molecule has 5 heteroatoms. The molecule has 1 aromatic rings. The van der Waals surface area contributed by atoms with E-state index in [1.807, 2.05) is 36.4 Å². The first-order valence-electron chi connectivity index (χ1n) is 5.41. The summed E-state index contributed by atoms with van der Waals surface area (Å²) < 4.78 is 5.49. The van der Waals surface area contributed by atoms with Crippen LogP contribution in [0.25, 0.3) is 0 Å². The molecule has 0 N–H and O–H groups in total. The van der Waals surface area contributed by atoms with Crippen LogP contribution in [-0.4, -0.2) is 17.6 Å². The van der Waals surface area contributed by atoms with Crippen LogP contribution >= 0.6 is 0 Å². The lowest BCUT2D eigenvalue weighted by atomic mass is 9.93. The summed E-state index contributed by atoms with van der Waals surface area (Å²) in [6, 6.07) is 10.3. The number of nitrogens with zero attached hydrogens (tertiary/aromatic N) is 2. The summed E-state index contributed by atoms with van der Waals surface area (Å²) in [7, 11) is 0. The van der Waals surface area contributed by atoms with E-state index >= 15 is 0 Å². The Labute approximate surface area is 98.8 Å². The predicted molar refractivity (Wildman–Crippen MR) is 59.6 cm³/mol. The van der Waals surface area contributed by atoms with Crippen LogP contribution in [-0.2, 0) is 4.74 Å². The van der Waals surface area contributed by atoms with Gasteiger partial charge in [0.15, 0.2) is 6.10 Å². The van der Waals surface area contributed by atoms with Gasteiger partial charge in [0.2, 0.25) is 6.04 Å². The molecule has 17 heavy (non-hydrogen) atoms. The monoisotopic (exact) mass is 232 g/mol. The van der Waals surface area contributed by atoms with Gasteiger partial charge in [-0.05, 0) is 5.56 Å². The first-order chi connectivity index (χ1) is 8.24. The van der Waals surface area contributed by atoms with Gasteiger partial charge in [-0.1, -0.05) is 30.3 Å². The lowest BCUT2D eigenvalue weighted by Gasteiger charge is -2.14. The summed E-state index contributed by atoms with van der Waals surface area (Å²) in [6.07, 6.45) is -0.376. The molecule has 0 spiro atoms. The minimum Gasteiger partial charge on any atom is -0.366 e. The molecule has 1 saturated heterocycles. The van der Waals surface area contributed by atoms with Gasteiger partial charge >= 0.3 is 0 Å². The standard InChI is InChI=1S/C12H12N2O3/c13-7-6-10-8-17-12(11(10)14(15)16)9-4-2-1-3-5-9/h1-5,10-12H,6,8H2/t10-,11-,12+/m1/s1. The van der Waals surface area contributed by atoms with E-state index in [0.29, 0.717) is 0 Å². The molecule has 88 valence electrons. The van der Waals surface area contributed by atoms with E-state index in [-0.39, 0.29) is 23.9 Å². The van der Waals surface area contributed by atoms with Gasteiger partial charge in [-0.2, -0.15) is 5.26 Å². The summed E-state index contributed by atoms with van der Waals surface area (Å²) in [5.41, 5.74) is 0.801. The molecule has 0 amide bonds. The van der Waals surface area contributed by atoms with Crippen molar-refractivity contribution in [3.8, 4) is 6.07 Å². The zero-order valence-corrected chi connectivity index (χ0v) is 9.15. The van der Waals surface area contributed by atoms with Gasteiger partial charge in [0.25, 0.3) is 0 Å². The molecule has 1 aliphatic heterocycles. The Morgan fingerprint density at radius 1 is 1.47 bits per heavy atom. The molecule has 0 aromatic heterocycles. The molecule has 0 unspecified atom stereocenters. The third-order valence-corrected chi connectivity index (χ3v) is 3.01. The fourth-order valence-electron chi connectivity index (χ4n) is 2.19. The van der Waals surface area contributed by atoms with Crippen molar-refractivity contribution in [2.24, 2.45) is 5.92 Å². The van der Waals surface area contributed by atoms with Gasteiger partial charge in [0, 0.05) is 11.3 Å². The molecule has 0 radical (unpaired) electrons. The van der Waals surface area contributed by atoms with Gasteiger partial charge in [0.1, 0.15) is 0 Å². The van der Waals surface area contributed by atoms with Crippen LogP contribution in [0.1, 0.15) is 18.1 Å². The van der Waals surface area contributed by atoms with Gasteiger partial charge in [-0.15, -0.1) is 0 Å². The largest absolute Gasteiger partial charge is 0.366 e. The molecule has 1 fully saturated rings. The molecule has 0 saturated carbocycles. The van der Waals surface area contributed by atoms with Crippen molar-refractivity contribution in [2.75, 3.05) is 6.61 Å². The topological polar surface area (TPSA) is 76.2 Å². The number of benzene rings is 1. The third kappa shape index (κ3) is 2.27. The molecular formula is C12H12N2O3. The maximum Gasteiger partial charge on any atom is 0.248 e. The maximum atomic E-state index is 11.1. The predicted octanol–water partition coefficient (Wildman–Crippen LogP) is 1.93. The number of nitriles is 1. The van der Waals surface area contributed by atoms with Crippen molar-refractivity contribution in [1.29, 1.82) is 5.26 Å². The van der Waals surface area contributed by atoms with Gasteiger partial charge in [-0.3, -0.25) is 10.1 Å². The molecule has 1 heterocycles. The zero-order chi connectivity index (χ0) is 12.3. The number of rotatable bonds is 3. The zero-order valence-electron chi connectivity index (χ0n) is 9.15. The Hall–Kier alpha value is -1.93. The molecule has 0 aliphatic carbocycles. The number of hydrogen-bond acceptors (Lipinski definition) is 4. The molecule has 5 nitrogen and oxygen atoms in total. The van der Waals surface area contributed by atoms with Crippen molar-refractivity contribution in [1.82, 2.24) is 0 Å². The van der Waals surface area contributed by atoms with E-state index in [0.717, 1.165) is 5.56 Å². The SMILES string of the molecule is N#CC[C@@H]1CO[C@@H](c2ccccc2)[C@@H]1[N+](=O)[O-]. The van der Waals surface area contributed by atoms with Gasteiger partial charge < -0.3 is 4.74 Å². The Kier molecular flexibility index (Phi) is 3.35. The van der Waals surface area contributed by atoms with Crippen LogP contribution in [0.2, 0.25) is 0 Å². The highest BCUT2D eigenvalue weighted by Crippen LogP contribution is 2.35. The van der Waals surface area contributed by atoms with Crippen LogP contribution in [0.4, 0.5) is 0 Å². The van der Waals surface area contributed by atoms with Crippen LogP contribution in [0.15, 0.2) is 30.3 Å². The Morgan fingerprint density at radius 3 is 2.76 bits per heavy atom. The minimum atomic E-state index is -0.822.